The van der Waals surface area contributed by atoms with Crippen LogP contribution in [0.3, 0.4) is 0 Å². The first kappa shape index (κ1) is 24.3. The summed E-state index contributed by atoms with van der Waals surface area (Å²) >= 11 is 6.34. The number of hydrogen-bond acceptors (Lipinski definition) is 3. The van der Waals surface area contributed by atoms with E-state index < -0.39 is 10.0 Å². The molecular weight excluding hydrogens is 430 g/mol. The summed E-state index contributed by atoms with van der Waals surface area (Å²) in [5.74, 6) is -0.102. The molecule has 2 rings (SSSR count). The maximum atomic E-state index is 12.7. The second-order valence-electron chi connectivity index (χ2n) is 6.49. The smallest absolute Gasteiger partial charge is 0.236 e. The van der Waals surface area contributed by atoms with E-state index in [9.17, 15) is 8.42 Å². The van der Waals surface area contributed by atoms with Crippen molar-refractivity contribution in [2.75, 3.05) is 6.54 Å². The Morgan fingerprint density at radius 3 is 2.35 bits per heavy atom. The lowest BCUT2D eigenvalue weighted by molar-refractivity contribution is 0.483. The minimum atomic E-state index is -3.99. The molecule has 0 amide bonds. The second kappa shape index (κ2) is 11.4. The molecule has 0 spiro atoms. The molecule has 1 heterocycles. The van der Waals surface area contributed by atoms with Gasteiger partial charge in [-0.2, -0.15) is 13.5 Å². The molecule has 5 nitrogen and oxygen atoms in total. The van der Waals surface area contributed by atoms with Crippen LogP contribution in [0.2, 0.25) is 0 Å². The van der Waals surface area contributed by atoms with Gasteiger partial charge in [-0.05, 0) is 42.7 Å². The van der Waals surface area contributed by atoms with Crippen molar-refractivity contribution >= 4 is 32.6 Å². The van der Waals surface area contributed by atoms with Gasteiger partial charge in [-0.15, -0.1) is 4.40 Å². The predicted molar refractivity (Wildman–Crippen MR) is 132 cm³/mol. The van der Waals surface area contributed by atoms with Gasteiger partial charge in [-0.1, -0.05) is 86.0 Å². The minimum Gasteiger partial charge on any atom is -0.236 e. The number of hydrogen-bond donors (Lipinski definition) is 0. The van der Waals surface area contributed by atoms with Crippen LogP contribution in [-0.2, 0) is 10.0 Å². The Labute approximate surface area is 189 Å². The van der Waals surface area contributed by atoms with Gasteiger partial charge < -0.3 is 0 Å². The number of allylic oxidation sites excluding steroid dienone is 9. The molecule has 0 saturated heterocycles. The summed E-state index contributed by atoms with van der Waals surface area (Å²) in [5, 5.41) is 5.82. The van der Waals surface area contributed by atoms with Crippen LogP contribution < -0.4 is 0 Å². The zero-order valence-corrected chi connectivity index (χ0v) is 19.2. The summed E-state index contributed by atoms with van der Waals surface area (Å²) in [5.41, 5.74) is 2.72. The molecule has 1 atom stereocenters. The molecular formula is C24H26ClN3O2S. The third kappa shape index (κ3) is 6.26. The van der Waals surface area contributed by atoms with Crippen molar-refractivity contribution < 1.29 is 8.42 Å². The Morgan fingerprint density at radius 1 is 1.13 bits per heavy atom. The van der Waals surface area contributed by atoms with E-state index in [4.69, 9.17) is 11.6 Å². The van der Waals surface area contributed by atoms with E-state index in [2.05, 4.69) is 22.7 Å². The molecule has 7 heteroatoms. The van der Waals surface area contributed by atoms with Gasteiger partial charge in [-0.25, -0.2) is 5.01 Å². The second-order valence-corrected chi connectivity index (χ2v) is 8.43. The third-order valence-corrected chi connectivity index (χ3v) is 6.28. The first-order chi connectivity index (χ1) is 14.9. The van der Waals surface area contributed by atoms with Crippen molar-refractivity contribution in [3.63, 3.8) is 0 Å². The summed E-state index contributed by atoms with van der Waals surface area (Å²) in [6.07, 6.45) is 13.2. The van der Waals surface area contributed by atoms with E-state index in [1.807, 2.05) is 55.5 Å². The Hall–Kier alpha value is -2.96. The molecule has 0 unspecified atom stereocenters. The molecule has 0 aliphatic carbocycles. The largest absolute Gasteiger partial charge is 0.284 e. The van der Waals surface area contributed by atoms with Crippen LogP contribution >= 0.6 is 11.6 Å². The number of nitrogens with zero attached hydrogens (tertiary/aromatic N) is 3. The molecule has 31 heavy (non-hydrogen) atoms. The lowest BCUT2D eigenvalue weighted by atomic mass is 9.90. The van der Waals surface area contributed by atoms with Gasteiger partial charge in [0.15, 0.2) is 0 Å². The highest BCUT2D eigenvalue weighted by atomic mass is 35.5. The van der Waals surface area contributed by atoms with Crippen LogP contribution in [-0.4, -0.2) is 31.0 Å². The zero-order valence-electron chi connectivity index (χ0n) is 17.6. The Bertz CT molecular complexity index is 1090. The molecule has 162 valence electrons. The maximum Gasteiger partial charge on any atom is 0.284 e. The fourth-order valence-corrected chi connectivity index (χ4v) is 4.34. The van der Waals surface area contributed by atoms with Gasteiger partial charge >= 0.3 is 0 Å². The van der Waals surface area contributed by atoms with Crippen LogP contribution in [0, 0.1) is 0 Å². The topological polar surface area (TPSA) is 62.1 Å². The van der Waals surface area contributed by atoms with E-state index in [0.29, 0.717) is 6.54 Å². The minimum absolute atomic E-state index is 0.0246. The average Bonchev–Trinajstić information content (AvgIpc) is 3.20. The van der Waals surface area contributed by atoms with Gasteiger partial charge in [0.1, 0.15) is 0 Å². The summed E-state index contributed by atoms with van der Waals surface area (Å²) < 4.78 is 29.1. The molecule has 1 aromatic carbocycles. The Balaban J connectivity index is 2.47. The van der Waals surface area contributed by atoms with E-state index >= 15 is 0 Å². The van der Waals surface area contributed by atoms with E-state index in [1.54, 1.807) is 13.0 Å². The molecule has 0 bridgehead atoms. The third-order valence-electron chi connectivity index (χ3n) is 4.52. The van der Waals surface area contributed by atoms with Crippen molar-refractivity contribution in [2.45, 2.75) is 19.8 Å². The lowest BCUT2D eigenvalue weighted by Gasteiger charge is -2.15. The highest BCUT2D eigenvalue weighted by molar-refractivity contribution is 7.94. The highest BCUT2D eigenvalue weighted by Crippen LogP contribution is 2.30. The number of benzene rings is 1. The van der Waals surface area contributed by atoms with E-state index in [1.165, 1.54) is 29.3 Å². The fraction of sp³-hybridized carbons (Fsp3) is 0.167. The van der Waals surface area contributed by atoms with Crippen LogP contribution in [0.4, 0.5) is 0 Å². The number of hydrazone groups is 1. The monoisotopic (exact) mass is 455 g/mol. The van der Waals surface area contributed by atoms with Crippen LogP contribution in [0.5, 0.6) is 0 Å². The van der Waals surface area contributed by atoms with Crippen LogP contribution in [0.15, 0.2) is 112 Å². The average molecular weight is 456 g/mol. The predicted octanol–water partition coefficient (Wildman–Crippen LogP) is 5.70. The summed E-state index contributed by atoms with van der Waals surface area (Å²) in [6, 6.07) is 9.86. The van der Waals surface area contributed by atoms with Crippen molar-refractivity contribution in [1.29, 1.82) is 0 Å². The first-order valence-electron chi connectivity index (χ1n) is 9.70. The van der Waals surface area contributed by atoms with Crippen molar-refractivity contribution in [3.8, 4) is 0 Å². The van der Waals surface area contributed by atoms with Gasteiger partial charge in [0.2, 0.25) is 5.29 Å². The SMILES string of the molecule is C=C/C=C\C(=C/C)C1=NN(/C(Cl)=N/S(=O)(=O)C(/C=C\C=C)=C/C)C[C@@H]1c1ccccc1. The lowest BCUT2D eigenvalue weighted by Crippen LogP contribution is -2.23. The van der Waals surface area contributed by atoms with Crippen molar-refractivity contribution in [2.24, 2.45) is 9.50 Å². The molecule has 0 saturated carbocycles. The van der Waals surface area contributed by atoms with Crippen LogP contribution in [0.1, 0.15) is 25.3 Å². The fourth-order valence-electron chi connectivity index (χ4n) is 3.02. The molecule has 0 fully saturated rings. The molecule has 1 aromatic rings. The first-order valence-corrected chi connectivity index (χ1v) is 11.5. The summed E-state index contributed by atoms with van der Waals surface area (Å²) in [4.78, 5) is 0.0246. The quantitative estimate of drug-likeness (QED) is 0.218. The standard InChI is InChI=1S/C24H26ClN3O2S/c1-5-9-14-19(7-3)23-22(20-15-12-11-13-16-20)18-28(26-23)24(25)27-31(29,30)21(8-4)17-10-6-2/h5-17,22H,1-2,18H2,3-4H3/b14-9-,17-10-,19-7+,21-8+,27-24+/t22-/m1/s1. The van der Waals surface area contributed by atoms with Crippen LogP contribution in [0.25, 0.3) is 0 Å². The molecule has 0 aromatic heterocycles. The summed E-state index contributed by atoms with van der Waals surface area (Å²) in [6.45, 7) is 11.2. The molecule has 1 aliphatic rings. The number of rotatable bonds is 8. The van der Waals surface area contributed by atoms with Crippen molar-refractivity contribution in [1.82, 2.24) is 5.01 Å². The van der Waals surface area contributed by atoms with Gasteiger partial charge in [0, 0.05) is 5.92 Å². The molecule has 0 radical (unpaired) electrons. The Morgan fingerprint density at radius 2 is 1.77 bits per heavy atom. The van der Waals surface area contributed by atoms with E-state index in [0.717, 1.165) is 16.8 Å². The molecule has 0 N–H and O–H groups in total. The molecule has 1 aliphatic heterocycles. The number of sulfonamides is 1. The van der Waals surface area contributed by atoms with Crippen molar-refractivity contribution in [3.05, 3.63) is 108 Å². The maximum absolute atomic E-state index is 12.7. The summed E-state index contributed by atoms with van der Waals surface area (Å²) in [7, 11) is -3.99. The van der Waals surface area contributed by atoms with E-state index in [-0.39, 0.29) is 16.1 Å². The zero-order chi connectivity index (χ0) is 22.9. The van der Waals surface area contributed by atoms with Gasteiger partial charge in [0.05, 0.1) is 17.2 Å². The highest BCUT2D eigenvalue weighted by Gasteiger charge is 2.32. The number of halogens is 1. The van der Waals surface area contributed by atoms with Gasteiger partial charge in [-0.3, -0.25) is 0 Å². The normalized spacial score (nSPS) is 18.7. The number of amidine groups is 1. The van der Waals surface area contributed by atoms with Gasteiger partial charge in [0.25, 0.3) is 10.0 Å². The Kier molecular flexibility index (Phi) is 8.97.